The molecule has 1 aromatic heterocycles. The average molecular weight is 477 g/mol. The van der Waals surface area contributed by atoms with Gasteiger partial charge in [-0.2, -0.15) is 13.2 Å². The van der Waals surface area contributed by atoms with E-state index in [0.29, 0.717) is 18.4 Å². The van der Waals surface area contributed by atoms with Gasteiger partial charge in [0.25, 0.3) is 0 Å². The van der Waals surface area contributed by atoms with Gasteiger partial charge in [-0.3, -0.25) is 4.79 Å². The number of aromatic nitrogens is 1. The lowest BCUT2D eigenvalue weighted by molar-refractivity contribution is -0.218. The number of likely N-dealkylation sites (N-methyl/N-ethyl adjacent to an activating group) is 1. The molecule has 33 heavy (non-hydrogen) atoms. The Hall–Kier alpha value is -2.27. The molecule has 11 heteroatoms. The van der Waals surface area contributed by atoms with Crippen molar-refractivity contribution in [3.63, 3.8) is 0 Å². The molecule has 0 saturated carbocycles. The molecule has 1 amide bonds. The molecule has 1 aliphatic carbocycles. The zero-order valence-electron chi connectivity index (χ0n) is 18.1. The number of hydrogen-bond donors (Lipinski definition) is 2. The fourth-order valence-electron chi connectivity index (χ4n) is 5.47. The van der Waals surface area contributed by atoms with Crippen LogP contribution in [0, 0.1) is 5.92 Å². The van der Waals surface area contributed by atoms with Gasteiger partial charge in [0.05, 0.1) is 24.1 Å². The van der Waals surface area contributed by atoms with Crippen molar-refractivity contribution in [1.29, 1.82) is 0 Å². The van der Waals surface area contributed by atoms with Gasteiger partial charge >= 0.3 is 12.5 Å². The first-order valence-corrected chi connectivity index (χ1v) is 10.8. The predicted molar refractivity (Wildman–Crippen MR) is 109 cm³/mol. The number of aliphatic hydroxyl groups excluding tert-OH is 1. The topological polar surface area (TPSA) is 57.5 Å². The monoisotopic (exact) mass is 477 g/mol. The molecule has 1 saturated heterocycles. The van der Waals surface area contributed by atoms with Crippen molar-refractivity contribution in [3.05, 3.63) is 35.0 Å². The fourth-order valence-corrected chi connectivity index (χ4v) is 5.47. The Kier molecular flexibility index (Phi) is 5.93. The van der Waals surface area contributed by atoms with E-state index in [1.54, 1.807) is 18.0 Å². The Morgan fingerprint density at radius 1 is 1.24 bits per heavy atom. The molecule has 1 unspecified atom stereocenters. The minimum Gasteiger partial charge on any atom is -0.394 e. The molecule has 1 aromatic carbocycles. The Morgan fingerprint density at radius 2 is 1.94 bits per heavy atom. The highest BCUT2D eigenvalue weighted by molar-refractivity contribution is 5.91. The lowest BCUT2D eigenvalue weighted by atomic mass is 9.72. The number of alkyl halides is 6. The number of amides is 1. The normalized spacial score (nSPS) is 24.6. The first kappa shape index (κ1) is 23.9. The summed E-state index contributed by atoms with van der Waals surface area (Å²) in [5, 5.41) is 12.1. The number of fused-ring (bicyclic) bond motifs is 2. The highest BCUT2D eigenvalue weighted by Gasteiger charge is 2.50. The molecule has 2 N–H and O–H groups in total. The summed E-state index contributed by atoms with van der Waals surface area (Å²) < 4.78 is 82.5. The van der Waals surface area contributed by atoms with E-state index in [2.05, 4.69) is 5.32 Å². The summed E-state index contributed by atoms with van der Waals surface area (Å²) in [5.74, 6) is -1.17. The van der Waals surface area contributed by atoms with E-state index in [9.17, 15) is 36.2 Å². The van der Waals surface area contributed by atoms with Crippen LogP contribution >= 0.6 is 0 Å². The van der Waals surface area contributed by atoms with Gasteiger partial charge in [0, 0.05) is 23.9 Å². The number of hydrogen-bond acceptors (Lipinski definition) is 3. The number of piperidine rings is 1. The van der Waals surface area contributed by atoms with E-state index in [-0.39, 0.29) is 36.4 Å². The molecule has 5 nitrogen and oxygen atoms in total. The first-order valence-electron chi connectivity index (χ1n) is 10.8. The Labute approximate surface area is 186 Å². The van der Waals surface area contributed by atoms with Gasteiger partial charge in [-0.15, -0.1) is 13.2 Å². The molecule has 2 aliphatic rings. The number of rotatable bonds is 4. The van der Waals surface area contributed by atoms with Crippen LogP contribution in [0.25, 0.3) is 10.9 Å². The summed E-state index contributed by atoms with van der Waals surface area (Å²) >= 11 is 0. The highest BCUT2D eigenvalue weighted by Crippen LogP contribution is 2.51. The van der Waals surface area contributed by atoms with Gasteiger partial charge < -0.3 is 15.3 Å². The van der Waals surface area contributed by atoms with Crippen molar-refractivity contribution in [2.45, 2.75) is 56.7 Å². The summed E-state index contributed by atoms with van der Waals surface area (Å²) in [4.78, 5) is 14.6. The van der Waals surface area contributed by atoms with E-state index in [1.807, 2.05) is 6.92 Å². The maximum absolute atomic E-state index is 13.9. The van der Waals surface area contributed by atoms with Crippen LogP contribution in [-0.4, -0.2) is 52.8 Å². The van der Waals surface area contributed by atoms with Crippen LogP contribution in [0.1, 0.15) is 42.5 Å². The Bertz CT molecular complexity index is 1060. The third kappa shape index (κ3) is 3.99. The van der Waals surface area contributed by atoms with Gasteiger partial charge in [-0.05, 0) is 43.5 Å². The van der Waals surface area contributed by atoms with E-state index >= 15 is 0 Å². The van der Waals surface area contributed by atoms with E-state index in [1.165, 1.54) is 6.07 Å². The van der Waals surface area contributed by atoms with E-state index < -0.39 is 52.2 Å². The van der Waals surface area contributed by atoms with Gasteiger partial charge in [-0.1, -0.05) is 19.1 Å². The van der Waals surface area contributed by atoms with Crippen LogP contribution in [0.15, 0.2) is 18.2 Å². The molecule has 2 heterocycles. The number of nitrogens with one attached hydrogen (secondary N) is 1. The zero-order valence-corrected chi connectivity index (χ0v) is 18.1. The van der Waals surface area contributed by atoms with Crippen LogP contribution in [0.2, 0.25) is 0 Å². The van der Waals surface area contributed by atoms with Gasteiger partial charge in [0.15, 0.2) is 0 Å². The van der Waals surface area contributed by atoms with Crippen LogP contribution in [-0.2, 0) is 23.7 Å². The van der Waals surface area contributed by atoms with Crippen LogP contribution in [0.4, 0.5) is 26.3 Å². The molecular formula is C22H25F6N3O2. The second-order valence-electron chi connectivity index (χ2n) is 8.92. The third-order valence-electron chi connectivity index (χ3n) is 6.97. The molecule has 1 fully saturated rings. The second kappa shape index (κ2) is 8.19. The van der Waals surface area contributed by atoms with Crippen molar-refractivity contribution >= 4 is 16.8 Å². The van der Waals surface area contributed by atoms with Crippen molar-refractivity contribution in [3.8, 4) is 0 Å². The second-order valence-corrected chi connectivity index (χ2v) is 8.92. The number of halogens is 6. The summed E-state index contributed by atoms with van der Waals surface area (Å²) in [6, 6.07) is 3.11. The zero-order chi connectivity index (χ0) is 24.3. The Balaban J connectivity index is 1.82. The van der Waals surface area contributed by atoms with Gasteiger partial charge in [-0.25, -0.2) is 4.57 Å². The maximum Gasteiger partial charge on any atom is 0.489 e. The van der Waals surface area contributed by atoms with Crippen LogP contribution < -0.4 is 5.32 Å². The number of carbonyl (C=O) groups is 1. The molecule has 0 bridgehead atoms. The van der Waals surface area contributed by atoms with Crippen molar-refractivity contribution in [2.75, 3.05) is 20.2 Å². The molecule has 0 radical (unpaired) electrons. The number of likely N-dealkylation sites (tertiary alicyclic amines) is 1. The van der Waals surface area contributed by atoms with Gasteiger partial charge in [0.2, 0.25) is 5.91 Å². The predicted octanol–water partition coefficient (Wildman–Crippen LogP) is 3.98. The molecule has 1 aliphatic heterocycles. The third-order valence-corrected chi connectivity index (χ3v) is 6.97. The summed E-state index contributed by atoms with van der Waals surface area (Å²) in [6.07, 6.45) is -9.76. The lowest BCUT2D eigenvalue weighted by Gasteiger charge is -2.45. The molecule has 0 spiro atoms. The largest absolute Gasteiger partial charge is 0.489 e. The minimum absolute atomic E-state index is 0.0142. The van der Waals surface area contributed by atoms with Gasteiger partial charge in [0.1, 0.15) is 5.69 Å². The minimum atomic E-state index is -5.23. The van der Waals surface area contributed by atoms with Crippen molar-refractivity contribution in [1.82, 2.24) is 14.8 Å². The summed E-state index contributed by atoms with van der Waals surface area (Å²) in [6.45, 7) is 1.86. The molecule has 2 aromatic rings. The number of benzene rings is 1. The quantitative estimate of drug-likeness (QED) is 0.655. The number of nitrogens with zero attached hydrogens (tertiary/aromatic N) is 2. The fraction of sp³-hybridized carbons (Fsp3) is 0.591. The SMILES string of the molecule is CC[C@@H](CO)NC(=O)[C@@H]1CC2c3cccc4c3c(c(C(F)(F)F)n4C(F)(F)F)C[C@H]2N(C)C1. The van der Waals surface area contributed by atoms with Crippen molar-refractivity contribution < 1.29 is 36.2 Å². The van der Waals surface area contributed by atoms with Crippen LogP contribution in [0.3, 0.4) is 0 Å². The molecule has 4 atom stereocenters. The van der Waals surface area contributed by atoms with Crippen molar-refractivity contribution in [2.24, 2.45) is 5.92 Å². The molecule has 182 valence electrons. The lowest BCUT2D eigenvalue weighted by Crippen LogP contribution is -2.52. The number of carbonyl (C=O) groups excluding carboxylic acids is 1. The smallest absolute Gasteiger partial charge is 0.394 e. The summed E-state index contributed by atoms with van der Waals surface area (Å²) in [5.41, 5.74) is -2.11. The van der Waals surface area contributed by atoms with E-state index in [0.717, 1.165) is 6.07 Å². The molecule has 4 rings (SSSR count). The van der Waals surface area contributed by atoms with Crippen LogP contribution in [0.5, 0.6) is 0 Å². The standard InChI is InChI=1S/C22H25F6N3O2/c1-3-12(10-32)29-20(33)11-7-14-13-5-4-6-16-18(13)15(8-17(14)30(2)9-11)19(21(23,24)25)31(16)22(26,27)28/h4-6,11-12,14,17,32H,3,7-10H2,1-2H3,(H,29,33)/t11-,12+,14?,17-/m1/s1. The summed E-state index contributed by atoms with van der Waals surface area (Å²) in [7, 11) is 1.68. The highest BCUT2D eigenvalue weighted by atomic mass is 19.4. The maximum atomic E-state index is 13.9. The number of aliphatic hydroxyl groups is 1. The first-order chi connectivity index (χ1) is 15.4. The Morgan fingerprint density at radius 3 is 2.52 bits per heavy atom. The average Bonchev–Trinajstić information content (AvgIpc) is 3.09. The molecular weight excluding hydrogens is 452 g/mol. The van der Waals surface area contributed by atoms with E-state index in [4.69, 9.17) is 0 Å².